The number of hydrogen-bond acceptors (Lipinski definition) is 4. The predicted octanol–water partition coefficient (Wildman–Crippen LogP) is 2.34. The van der Waals surface area contributed by atoms with Crippen molar-refractivity contribution in [2.75, 3.05) is 20.8 Å². The molecule has 1 aromatic rings. The lowest BCUT2D eigenvalue weighted by molar-refractivity contribution is 0.101. The second kappa shape index (κ2) is 7.50. The fourth-order valence-corrected chi connectivity index (χ4v) is 2.86. The van der Waals surface area contributed by atoms with E-state index in [0.717, 1.165) is 49.4 Å². The van der Waals surface area contributed by atoms with E-state index in [1.165, 1.54) is 6.42 Å². The SMILES string of the molecule is COc1ccc(CNCC2CCCC(O)C2)c(OC)c1. The smallest absolute Gasteiger partial charge is 0.127 e. The molecule has 2 N–H and O–H groups in total. The molecule has 1 fully saturated rings. The maximum absolute atomic E-state index is 9.67. The highest BCUT2D eigenvalue weighted by Gasteiger charge is 2.19. The highest BCUT2D eigenvalue weighted by atomic mass is 16.5. The quantitative estimate of drug-likeness (QED) is 0.839. The van der Waals surface area contributed by atoms with Crippen LogP contribution in [0.25, 0.3) is 0 Å². The molecule has 4 nitrogen and oxygen atoms in total. The zero-order valence-corrected chi connectivity index (χ0v) is 12.4. The lowest BCUT2D eigenvalue weighted by Gasteiger charge is -2.26. The second-order valence-corrected chi connectivity index (χ2v) is 5.50. The summed E-state index contributed by atoms with van der Waals surface area (Å²) >= 11 is 0. The molecule has 2 unspecified atom stereocenters. The van der Waals surface area contributed by atoms with E-state index < -0.39 is 0 Å². The van der Waals surface area contributed by atoms with E-state index in [1.807, 2.05) is 18.2 Å². The van der Waals surface area contributed by atoms with E-state index in [1.54, 1.807) is 14.2 Å². The summed E-state index contributed by atoms with van der Waals surface area (Å²) in [5.74, 6) is 2.24. The maximum atomic E-state index is 9.67. The summed E-state index contributed by atoms with van der Waals surface area (Å²) in [6.07, 6.45) is 4.13. The van der Waals surface area contributed by atoms with E-state index in [4.69, 9.17) is 9.47 Å². The molecule has 0 bridgehead atoms. The van der Waals surface area contributed by atoms with Crippen molar-refractivity contribution < 1.29 is 14.6 Å². The average Bonchev–Trinajstić information content (AvgIpc) is 2.47. The van der Waals surface area contributed by atoms with E-state index >= 15 is 0 Å². The predicted molar refractivity (Wildman–Crippen MR) is 79.2 cm³/mol. The molecule has 0 saturated heterocycles. The monoisotopic (exact) mass is 279 g/mol. The summed E-state index contributed by atoms with van der Waals surface area (Å²) < 4.78 is 10.6. The normalized spacial score (nSPS) is 22.6. The van der Waals surface area contributed by atoms with E-state index in [2.05, 4.69) is 5.32 Å². The van der Waals surface area contributed by atoms with Crippen LogP contribution in [-0.2, 0) is 6.54 Å². The average molecular weight is 279 g/mol. The number of nitrogens with one attached hydrogen (secondary N) is 1. The molecule has 20 heavy (non-hydrogen) atoms. The fourth-order valence-electron chi connectivity index (χ4n) is 2.86. The molecule has 2 rings (SSSR count). The molecule has 1 saturated carbocycles. The third kappa shape index (κ3) is 4.12. The molecule has 112 valence electrons. The summed E-state index contributed by atoms with van der Waals surface area (Å²) in [4.78, 5) is 0. The zero-order valence-electron chi connectivity index (χ0n) is 12.4. The molecule has 4 heteroatoms. The van der Waals surface area contributed by atoms with Crippen molar-refractivity contribution in [2.45, 2.75) is 38.3 Å². The van der Waals surface area contributed by atoms with Crippen molar-refractivity contribution in [3.63, 3.8) is 0 Å². The van der Waals surface area contributed by atoms with Crippen LogP contribution >= 0.6 is 0 Å². The Hall–Kier alpha value is -1.26. The molecule has 0 heterocycles. The minimum absolute atomic E-state index is 0.105. The van der Waals surface area contributed by atoms with Crippen LogP contribution in [0.3, 0.4) is 0 Å². The van der Waals surface area contributed by atoms with Gasteiger partial charge in [-0.2, -0.15) is 0 Å². The van der Waals surface area contributed by atoms with Gasteiger partial charge in [-0.3, -0.25) is 0 Å². The first-order valence-electron chi connectivity index (χ1n) is 7.32. The molecule has 0 radical (unpaired) electrons. The molecule has 0 aromatic heterocycles. The first kappa shape index (κ1) is 15.1. The van der Waals surface area contributed by atoms with Crippen molar-refractivity contribution in [2.24, 2.45) is 5.92 Å². The van der Waals surface area contributed by atoms with Crippen LogP contribution in [0.2, 0.25) is 0 Å². The lowest BCUT2D eigenvalue weighted by atomic mass is 9.87. The Labute approximate surface area is 121 Å². The molecular formula is C16H25NO3. The Morgan fingerprint density at radius 3 is 2.80 bits per heavy atom. The third-order valence-corrected chi connectivity index (χ3v) is 4.00. The van der Waals surface area contributed by atoms with Gasteiger partial charge in [0.1, 0.15) is 11.5 Å². The maximum Gasteiger partial charge on any atom is 0.127 e. The topological polar surface area (TPSA) is 50.7 Å². The summed E-state index contributed by atoms with van der Waals surface area (Å²) in [7, 11) is 3.33. The summed E-state index contributed by atoms with van der Waals surface area (Å²) in [6.45, 7) is 1.73. The van der Waals surface area contributed by atoms with Crippen molar-refractivity contribution in [1.82, 2.24) is 5.32 Å². The Balaban J connectivity index is 1.84. The van der Waals surface area contributed by atoms with Gasteiger partial charge in [0.2, 0.25) is 0 Å². The van der Waals surface area contributed by atoms with Gasteiger partial charge in [0.25, 0.3) is 0 Å². The molecule has 0 spiro atoms. The number of aliphatic hydroxyl groups excluding tert-OH is 1. The fraction of sp³-hybridized carbons (Fsp3) is 0.625. The van der Waals surface area contributed by atoms with E-state index in [-0.39, 0.29) is 6.10 Å². The van der Waals surface area contributed by atoms with Gasteiger partial charge in [0.05, 0.1) is 20.3 Å². The first-order valence-corrected chi connectivity index (χ1v) is 7.32. The van der Waals surface area contributed by atoms with Crippen LogP contribution in [0.5, 0.6) is 11.5 Å². The molecule has 1 aliphatic carbocycles. The standard InChI is InChI=1S/C16H25NO3/c1-19-15-7-6-13(16(9-15)20-2)11-17-10-12-4-3-5-14(18)8-12/h6-7,9,12,14,17-18H,3-5,8,10-11H2,1-2H3. The Bertz CT molecular complexity index is 422. The number of aliphatic hydroxyl groups is 1. The van der Waals surface area contributed by atoms with Crippen LogP contribution in [0.15, 0.2) is 18.2 Å². The highest BCUT2D eigenvalue weighted by Crippen LogP contribution is 2.26. The van der Waals surface area contributed by atoms with Gasteiger partial charge in [-0.1, -0.05) is 12.5 Å². The van der Waals surface area contributed by atoms with E-state index in [0.29, 0.717) is 5.92 Å². The van der Waals surface area contributed by atoms with Crippen molar-refractivity contribution >= 4 is 0 Å². The minimum atomic E-state index is -0.105. The number of ether oxygens (including phenoxy) is 2. The Morgan fingerprint density at radius 1 is 1.25 bits per heavy atom. The molecule has 1 aliphatic rings. The number of methoxy groups -OCH3 is 2. The summed E-state index contributed by atoms with van der Waals surface area (Å²) in [5.41, 5.74) is 1.13. The summed E-state index contributed by atoms with van der Waals surface area (Å²) in [6, 6.07) is 5.88. The van der Waals surface area contributed by atoms with Crippen LogP contribution < -0.4 is 14.8 Å². The third-order valence-electron chi connectivity index (χ3n) is 4.00. The largest absolute Gasteiger partial charge is 0.497 e. The van der Waals surface area contributed by atoms with Gasteiger partial charge in [0.15, 0.2) is 0 Å². The van der Waals surface area contributed by atoms with Gasteiger partial charge in [-0.05, 0) is 37.8 Å². The van der Waals surface area contributed by atoms with Gasteiger partial charge in [0, 0.05) is 18.2 Å². The molecular weight excluding hydrogens is 254 g/mol. The van der Waals surface area contributed by atoms with Crippen LogP contribution in [0, 0.1) is 5.92 Å². The van der Waals surface area contributed by atoms with Gasteiger partial charge >= 0.3 is 0 Å². The Kier molecular flexibility index (Phi) is 5.68. The van der Waals surface area contributed by atoms with Crippen LogP contribution in [0.4, 0.5) is 0 Å². The summed E-state index contributed by atoms with van der Waals surface area (Å²) in [5, 5.41) is 13.1. The molecule has 0 amide bonds. The first-order chi connectivity index (χ1) is 9.72. The van der Waals surface area contributed by atoms with Crippen LogP contribution in [-0.4, -0.2) is 32.0 Å². The lowest BCUT2D eigenvalue weighted by Crippen LogP contribution is -2.29. The van der Waals surface area contributed by atoms with Gasteiger partial charge < -0.3 is 19.9 Å². The molecule has 1 aromatic carbocycles. The highest BCUT2D eigenvalue weighted by molar-refractivity contribution is 5.40. The second-order valence-electron chi connectivity index (χ2n) is 5.50. The minimum Gasteiger partial charge on any atom is -0.497 e. The van der Waals surface area contributed by atoms with Crippen molar-refractivity contribution in [3.05, 3.63) is 23.8 Å². The van der Waals surface area contributed by atoms with Crippen molar-refractivity contribution in [3.8, 4) is 11.5 Å². The number of benzene rings is 1. The van der Waals surface area contributed by atoms with E-state index in [9.17, 15) is 5.11 Å². The number of rotatable bonds is 6. The molecule has 0 aliphatic heterocycles. The molecule has 2 atom stereocenters. The Morgan fingerprint density at radius 2 is 2.10 bits per heavy atom. The van der Waals surface area contributed by atoms with Crippen molar-refractivity contribution in [1.29, 1.82) is 0 Å². The van der Waals surface area contributed by atoms with Gasteiger partial charge in [-0.25, -0.2) is 0 Å². The number of hydrogen-bond donors (Lipinski definition) is 2. The van der Waals surface area contributed by atoms with Gasteiger partial charge in [-0.15, -0.1) is 0 Å². The van der Waals surface area contributed by atoms with Crippen LogP contribution in [0.1, 0.15) is 31.2 Å². The zero-order chi connectivity index (χ0) is 14.4.